The van der Waals surface area contributed by atoms with Crippen LogP contribution in [-0.4, -0.2) is 31.1 Å². The highest BCUT2D eigenvalue weighted by Crippen LogP contribution is 2.22. The van der Waals surface area contributed by atoms with Crippen molar-refractivity contribution < 1.29 is 23.0 Å². The minimum Gasteiger partial charge on any atom is -0.435 e. The highest BCUT2D eigenvalue weighted by molar-refractivity contribution is 5.60. The molecule has 1 aromatic carbocycles. The zero-order chi connectivity index (χ0) is 19.1. The third-order valence-electron chi connectivity index (χ3n) is 3.86. The van der Waals surface area contributed by atoms with Crippen LogP contribution >= 0.6 is 0 Å². The van der Waals surface area contributed by atoms with E-state index >= 15 is 0 Å². The Hall–Kier alpha value is -2.75. The van der Waals surface area contributed by atoms with Crippen LogP contribution in [0.1, 0.15) is 12.5 Å². The molecule has 27 heavy (non-hydrogen) atoms. The smallest absolute Gasteiger partial charge is 0.387 e. The Bertz CT molecular complexity index is 815. The first-order valence-electron chi connectivity index (χ1n) is 8.53. The highest BCUT2D eigenvalue weighted by Gasteiger charge is 2.18. The maximum atomic E-state index is 12.2. The molecule has 0 spiro atoms. The standard InChI is InChI=1S/C21H19F2NO3/c1-2-3-16-13-25-20(26-14-16)11-5-15-4-10-19(24-12-15)17-6-8-18(9-7-17)27-21(22)23/h2-4,6-10,12,16,20-21H,13-14H2,1H3/b3-2+. The molecule has 4 nitrogen and oxygen atoms in total. The van der Waals surface area contributed by atoms with Gasteiger partial charge in [0.1, 0.15) is 5.75 Å². The molecule has 2 aromatic rings. The van der Waals surface area contributed by atoms with Crippen molar-refractivity contribution in [1.82, 2.24) is 4.98 Å². The van der Waals surface area contributed by atoms with E-state index in [4.69, 9.17) is 9.47 Å². The monoisotopic (exact) mass is 371 g/mol. The van der Waals surface area contributed by atoms with Gasteiger partial charge in [0.25, 0.3) is 0 Å². The van der Waals surface area contributed by atoms with Crippen molar-refractivity contribution in [2.24, 2.45) is 5.92 Å². The molecule has 0 radical (unpaired) electrons. The SMILES string of the molecule is C/C=C/C1COC(C#Cc2ccc(-c3ccc(OC(F)F)cc3)nc2)OC1. The Morgan fingerprint density at radius 3 is 2.48 bits per heavy atom. The second-order valence-corrected chi connectivity index (χ2v) is 5.89. The molecule has 0 bridgehead atoms. The van der Waals surface area contributed by atoms with E-state index in [1.54, 1.807) is 18.3 Å². The fourth-order valence-electron chi connectivity index (χ4n) is 2.57. The Labute approximate surface area is 156 Å². The number of alkyl halides is 2. The molecule has 1 saturated heterocycles. The van der Waals surface area contributed by atoms with Crippen LogP contribution in [0.2, 0.25) is 0 Å². The highest BCUT2D eigenvalue weighted by atomic mass is 19.3. The van der Waals surface area contributed by atoms with Crippen molar-refractivity contribution in [2.75, 3.05) is 13.2 Å². The lowest BCUT2D eigenvalue weighted by Gasteiger charge is -2.24. The largest absolute Gasteiger partial charge is 0.435 e. The van der Waals surface area contributed by atoms with Crippen molar-refractivity contribution in [3.63, 3.8) is 0 Å². The molecule has 6 heteroatoms. The van der Waals surface area contributed by atoms with Crippen molar-refractivity contribution in [3.05, 3.63) is 60.3 Å². The quantitative estimate of drug-likeness (QED) is 0.595. The van der Waals surface area contributed by atoms with E-state index in [-0.39, 0.29) is 11.7 Å². The molecule has 0 N–H and O–H groups in total. The van der Waals surface area contributed by atoms with Crippen molar-refractivity contribution in [2.45, 2.75) is 19.8 Å². The van der Waals surface area contributed by atoms with Gasteiger partial charge in [-0.1, -0.05) is 18.1 Å². The molecule has 0 atom stereocenters. The Kier molecular flexibility index (Phi) is 6.53. The number of aromatic nitrogens is 1. The van der Waals surface area contributed by atoms with Gasteiger partial charge in [0.05, 0.1) is 18.9 Å². The van der Waals surface area contributed by atoms with Crippen molar-refractivity contribution >= 4 is 0 Å². The van der Waals surface area contributed by atoms with Crippen LogP contribution < -0.4 is 4.74 Å². The zero-order valence-corrected chi connectivity index (χ0v) is 14.8. The van der Waals surface area contributed by atoms with Gasteiger partial charge in [-0.05, 0) is 49.2 Å². The van der Waals surface area contributed by atoms with E-state index in [0.29, 0.717) is 18.9 Å². The number of hydrogen-bond donors (Lipinski definition) is 0. The first-order chi connectivity index (χ1) is 13.1. The van der Waals surface area contributed by atoms with Gasteiger partial charge in [-0.3, -0.25) is 4.98 Å². The van der Waals surface area contributed by atoms with Gasteiger partial charge < -0.3 is 14.2 Å². The zero-order valence-electron chi connectivity index (χ0n) is 14.8. The topological polar surface area (TPSA) is 40.6 Å². The van der Waals surface area contributed by atoms with E-state index in [1.165, 1.54) is 12.1 Å². The van der Waals surface area contributed by atoms with E-state index in [0.717, 1.165) is 11.1 Å². The summed E-state index contributed by atoms with van der Waals surface area (Å²) in [5, 5.41) is 0. The molecular weight excluding hydrogens is 352 g/mol. The van der Waals surface area contributed by atoms with Gasteiger partial charge in [-0.2, -0.15) is 8.78 Å². The Morgan fingerprint density at radius 2 is 1.89 bits per heavy atom. The summed E-state index contributed by atoms with van der Waals surface area (Å²) in [4.78, 5) is 4.36. The minimum absolute atomic E-state index is 0.111. The molecule has 2 heterocycles. The number of nitrogens with zero attached hydrogens (tertiary/aromatic N) is 1. The van der Waals surface area contributed by atoms with Gasteiger partial charge in [0.2, 0.25) is 6.29 Å². The number of pyridine rings is 1. The summed E-state index contributed by atoms with van der Waals surface area (Å²) < 4.78 is 39.8. The van der Waals surface area contributed by atoms with Crippen LogP contribution in [0.3, 0.4) is 0 Å². The predicted molar refractivity (Wildman–Crippen MR) is 97.2 cm³/mol. The lowest BCUT2D eigenvalue weighted by Crippen LogP contribution is -2.30. The van der Waals surface area contributed by atoms with E-state index in [1.807, 2.05) is 25.1 Å². The summed E-state index contributed by atoms with van der Waals surface area (Å²) in [5.41, 5.74) is 2.24. The fourth-order valence-corrected chi connectivity index (χ4v) is 2.57. The van der Waals surface area contributed by atoms with Crippen LogP contribution in [0.5, 0.6) is 5.75 Å². The number of benzene rings is 1. The summed E-state index contributed by atoms with van der Waals surface area (Å²) in [6, 6.07) is 9.97. The molecular formula is C21H19F2NO3. The van der Waals surface area contributed by atoms with Gasteiger partial charge >= 0.3 is 6.61 Å². The van der Waals surface area contributed by atoms with Crippen LogP contribution in [-0.2, 0) is 9.47 Å². The maximum Gasteiger partial charge on any atom is 0.387 e. The van der Waals surface area contributed by atoms with Crippen LogP contribution in [0.15, 0.2) is 54.7 Å². The summed E-state index contributed by atoms with van der Waals surface area (Å²) in [5.74, 6) is 6.31. The van der Waals surface area contributed by atoms with Gasteiger partial charge in [0.15, 0.2) is 0 Å². The third-order valence-corrected chi connectivity index (χ3v) is 3.86. The van der Waals surface area contributed by atoms with Crippen molar-refractivity contribution in [1.29, 1.82) is 0 Å². The minimum atomic E-state index is -2.84. The molecule has 1 aliphatic rings. The normalized spacial score (nSPS) is 19.7. The molecule has 1 aromatic heterocycles. The molecule has 1 aliphatic heterocycles. The van der Waals surface area contributed by atoms with Gasteiger partial charge in [-0.25, -0.2) is 0 Å². The van der Waals surface area contributed by atoms with E-state index < -0.39 is 12.9 Å². The molecule has 0 aliphatic carbocycles. The first-order valence-corrected chi connectivity index (χ1v) is 8.53. The molecule has 1 fully saturated rings. The third kappa shape index (κ3) is 5.61. The lowest BCUT2D eigenvalue weighted by molar-refractivity contribution is -0.160. The number of allylic oxidation sites excluding steroid dienone is 1. The van der Waals surface area contributed by atoms with Gasteiger partial charge in [-0.15, -0.1) is 0 Å². The summed E-state index contributed by atoms with van der Waals surface area (Å²) >= 11 is 0. The molecule has 0 saturated carbocycles. The maximum absolute atomic E-state index is 12.2. The second-order valence-electron chi connectivity index (χ2n) is 5.89. The second kappa shape index (κ2) is 9.26. The Morgan fingerprint density at radius 1 is 1.15 bits per heavy atom. The molecule has 3 rings (SSSR count). The average molecular weight is 371 g/mol. The fraction of sp³-hybridized carbons (Fsp3) is 0.286. The number of hydrogen-bond acceptors (Lipinski definition) is 4. The number of rotatable bonds is 4. The Balaban J connectivity index is 1.60. The molecule has 0 amide bonds. The van der Waals surface area contributed by atoms with Crippen LogP contribution in [0, 0.1) is 17.8 Å². The summed E-state index contributed by atoms with van der Waals surface area (Å²) in [6.07, 6.45) is 5.15. The predicted octanol–water partition coefficient (Wildman–Crippen LogP) is 4.27. The summed E-state index contributed by atoms with van der Waals surface area (Å²) in [7, 11) is 0. The number of ether oxygens (including phenoxy) is 3. The first kappa shape index (κ1) is 19.0. The van der Waals surface area contributed by atoms with Gasteiger partial charge in [0, 0.05) is 23.2 Å². The molecule has 0 unspecified atom stereocenters. The average Bonchev–Trinajstić information content (AvgIpc) is 2.68. The van der Waals surface area contributed by atoms with E-state index in [9.17, 15) is 8.78 Å². The van der Waals surface area contributed by atoms with Crippen LogP contribution in [0.25, 0.3) is 11.3 Å². The van der Waals surface area contributed by atoms with Crippen molar-refractivity contribution in [3.8, 4) is 28.8 Å². The lowest BCUT2D eigenvalue weighted by atomic mass is 10.1. The van der Waals surface area contributed by atoms with Crippen LogP contribution in [0.4, 0.5) is 8.78 Å². The number of halogens is 2. The molecule has 140 valence electrons. The summed E-state index contributed by atoms with van der Waals surface area (Å²) in [6.45, 7) is 0.310. The van der Waals surface area contributed by atoms with E-state index in [2.05, 4.69) is 27.6 Å².